The summed E-state index contributed by atoms with van der Waals surface area (Å²) in [6.45, 7) is 1.64. The van der Waals surface area contributed by atoms with Crippen LogP contribution in [0, 0.1) is 17.6 Å². The zero-order valence-electron chi connectivity index (χ0n) is 9.51. The monoisotopic (exact) mass is 239 g/mol. The average molecular weight is 239 g/mol. The second-order valence-corrected chi connectivity index (χ2v) is 4.40. The number of halogens is 2. The summed E-state index contributed by atoms with van der Waals surface area (Å²) in [6, 6.07) is 3.24. The van der Waals surface area contributed by atoms with Gasteiger partial charge in [-0.25, -0.2) is 8.78 Å². The first-order valence-corrected chi connectivity index (χ1v) is 5.84. The van der Waals surface area contributed by atoms with Gasteiger partial charge in [-0.15, -0.1) is 0 Å². The van der Waals surface area contributed by atoms with Crippen LogP contribution in [0.4, 0.5) is 8.78 Å². The minimum Gasteiger partial charge on any atom is -0.317 e. The Bertz CT molecular complexity index is 414. The quantitative estimate of drug-likeness (QED) is 0.875. The predicted octanol–water partition coefficient (Wildman–Crippen LogP) is 2.08. The molecule has 2 rings (SSSR count). The average Bonchev–Trinajstić information content (AvgIpc) is 2.35. The molecule has 0 amide bonds. The van der Waals surface area contributed by atoms with Gasteiger partial charge < -0.3 is 5.32 Å². The van der Waals surface area contributed by atoms with Gasteiger partial charge in [-0.3, -0.25) is 4.79 Å². The maximum Gasteiger partial charge on any atom is 0.140 e. The molecule has 17 heavy (non-hydrogen) atoms. The van der Waals surface area contributed by atoms with Crippen molar-refractivity contribution >= 4 is 5.78 Å². The van der Waals surface area contributed by atoms with Gasteiger partial charge in [-0.1, -0.05) is 0 Å². The molecule has 92 valence electrons. The van der Waals surface area contributed by atoms with Crippen LogP contribution in [0.3, 0.4) is 0 Å². The van der Waals surface area contributed by atoms with Crippen molar-refractivity contribution in [2.45, 2.75) is 19.3 Å². The van der Waals surface area contributed by atoms with Crippen molar-refractivity contribution < 1.29 is 13.6 Å². The van der Waals surface area contributed by atoms with E-state index in [2.05, 4.69) is 5.32 Å². The summed E-state index contributed by atoms with van der Waals surface area (Å²) in [5, 5.41) is 3.17. The first-order chi connectivity index (χ1) is 8.16. The molecule has 0 aromatic heterocycles. The highest BCUT2D eigenvalue weighted by Gasteiger charge is 2.21. The lowest BCUT2D eigenvalue weighted by Crippen LogP contribution is -2.32. The molecule has 0 aliphatic carbocycles. The summed E-state index contributed by atoms with van der Waals surface area (Å²) in [4.78, 5) is 11.9. The van der Waals surface area contributed by atoms with Gasteiger partial charge in [0.25, 0.3) is 0 Å². The number of benzene rings is 1. The van der Waals surface area contributed by atoms with E-state index in [9.17, 15) is 13.6 Å². The maximum absolute atomic E-state index is 13.4. The number of carbonyl (C=O) groups excluding carboxylic acids is 1. The van der Waals surface area contributed by atoms with Crippen molar-refractivity contribution in [3.05, 3.63) is 35.4 Å². The Morgan fingerprint density at radius 2 is 2.00 bits per heavy atom. The second-order valence-electron chi connectivity index (χ2n) is 4.40. The molecule has 0 atom stereocenters. The molecule has 1 aliphatic heterocycles. The summed E-state index contributed by atoms with van der Waals surface area (Å²) < 4.78 is 26.3. The lowest BCUT2D eigenvalue weighted by molar-refractivity contribution is -0.123. The van der Waals surface area contributed by atoms with E-state index < -0.39 is 11.6 Å². The fourth-order valence-electron chi connectivity index (χ4n) is 2.15. The first-order valence-electron chi connectivity index (χ1n) is 5.84. The summed E-state index contributed by atoms with van der Waals surface area (Å²) >= 11 is 0. The molecule has 1 saturated heterocycles. The van der Waals surface area contributed by atoms with Crippen LogP contribution in [0.25, 0.3) is 0 Å². The summed E-state index contributed by atoms with van der Waals surface area (Å²) in [5.74, 6) is -1.01. The van der Waals surface area contributed by atoms with Crippen molar-refractivity contribution in [2.24, 2.45) is 5.92 Å². The number of nitrogens with one attached hydrogen (secondary N) is 1. The molecule has 0 radical (unpaired) electrons. The molecule has 4 heteroatoms. The van der Waals surface area contributed by atoms with E-state index in [0.29, 0.717) is 0 Å². The van der Waals surface area contributed by atoms with Gasteiger partial charge >= 0.3 is 0 Å². The molecule has 0 spiro atoms. The van der Waals surface area contributed by atoms with Crippen molar-refractivity contribution in [3.63, 3.8) is 0 Å². The van der Waals surface area contributed by atoms with Gasteiger partial charge in [-0.05, 0) is 49.7 Å². The van der Waals surface area contributed by atoms with E-state index in [1.165, 1.54) is 0 Å². The molecule has 0 bridgehead atoms. The van der Waals surface area contributed by atoms with Crippen molar-refractivity contribution in [1.29, 1.82) is 0 Å². The molecule has 1 heterocycles. The summed E-state index contributed by atoms with van der Waals surface area (Å²) in [5.41, 5.74) is 0.161. The highest BCUT2D eigenvalue weighted by atomic mass is 19.1. The van der Waals surface area contributed by atoms with Gasteiger partial charge in [0.1, 0.15) is 17.4 Å². The molecule has 0 saturated carbocycles. The van der Waals surface area contributed by atoms with Crippen LogP contribution in [0.15, 0.2) is 18.2 Å². The van der Waals surface area contributed by atoms with E-state index in [0.717, 1.165) is 44.1 Å². The van der Waals surface area contributed by atoms with E-state index in [4.69, 9.17) is 0 Å². The third-order valence-corrected chi connectivity index (χ3v) is 3.17. The summed E-state index contributed by atoms with van der Waals surface area (Å²) in [7, 11) is 0. The van der Waals surface area contributed by atoms with Crippen LogP contribution < -0.4 is 5.32 Å². The van der Waals surface area contributed by atoms with Crippen LogP contribution in [0.5, 0.6) is 0 Å². The number of hydrogen-bond acceptors (Lipinski definition) is 2. The molecular weight excluding hydrogens is 224 g/mol. The number of ketones is 1. The number of hydrogen-bond donors (Lipinski definition) is 1. The highest BCUT2D eigenvalue weighted by Crippen LogP contribution is 2.17. The van der Waals surface area contributed by atoms with Gasteiger partial charge in [0, 0.05) is 12.3 Å². The number of rotatable bonds is 3. The lowest BCUT2D eigenvalue weighted by atomic mass is 9.90. The van der Waals surface area contributed by atoms with Gasteiger partial charge in [0.15, 0.2) is 0 Å². The number of carbonyl (C=O) groups is 1. The zero-order valence-corrected chi connectivity index (χ0v) is 9.51. The highest BCUT2D eigenvalue weighted by molar-refractivity contribution is 5.83. The van der Waals surface area contributed by atoms with Crippen LogP contribution in [-0.2, 0) is 11.2 Å². The Morgan fingerprint density at radius 1 is 1.29 bits per heavy atom. The van der Waals surface area contributed by atoms with E-state index in [1.807, 2.05) is 0 Å². The van der Waals surface area contributed by atoms with Crippen molar-refractivity contribution in [3.8, 4) is 0 Å². The minimum atomic E-state index is -0.506. The topological polar surface area (TPSA) is 29.1 Å². The zero-order chi connectivity index (χ0) is 12.3. The fourth-order valence-corrected chi connectivity index (χ4v) is 2.15. The molecule has 1 aromatic rings. The molecule has 1 aliphatic rings. The molecule has 1 aromatic carbocycles. The Balaban J connectivity index is 2.04. The van der Waals surface area contributed by atoms with Crippen LogP contribution in [0.2, 0.25) is 0 Å². The first kappa shape index (κ1) is 12.2. The van der Waals surface area contributed by atoms with E-state index >= 15 is 0 Å². The molecule has 2 nitrogen and oxygen atoms in total. The van der Waals surface area contributed by atoms with E-state index in [-0.39, 0.29) is 23.7 Å². The number of Topliss-reactive ketones (excluding diaryl/α,β-unsaturated/α-hetero) is 1. The summed E-state index contributed by atoms with van der Waals surface area (Å²) in [6.07, 6.45) is 1.57. The van der Waals surface area contributed by atoms with Gasteiger partial charge in [0.05, 0.1) is 0 Å². The SMILES string of the molecule is O=C(Cc1cc(F)ccc1F)C1CCNCC1. The van der Waals surface area contributed by atoms with Crippen LogP contribution in [-0.4, -0.2) is 18.9 Å². The third-order valence-electron chi connectivity index (χ3n) is 3.17. The number of piperidine rings is 1. The van der Waals surface area contributed by atoms with Crippen molar-refractivity contribution in [2.75, 3.05) is 13.1 Å². The molecular formula is C13H15F2NO. The maximum atomic E-state index is 13.4. The minimum absolute atomic E-state index is 0.00569. The van der Waals surface area contributed by atoms with Crippen LogP contribution in [0.1, 0.15) is 18.4 Å². The normalized spacial score (nSPS) is 17.1. The Hall–Kier alpha value is -1.29. The lowest BCUT2D eigenvalue weighted by Gasteiger charge is -2.21. The smallest absolute Gasteiger partial charge is 0.140 e. The third kappa shape index (κ3) is 3.09. The second kappa shape index (κ2) is 5.36. The molecule has 0 unspecified atom stereocenters. The Morgan fingerprint density at radius 3 is 2.71 bits per heavy atom. The van der Waals surface area contributed by atoms with Crippen LogP contribution >= 0.6 is 0 Å². The largest absolute Gasteiger partial charge is 0.317 e. The molecule has 1 N–H and O–H groups in total. The standard InChI is InChI=1S/C13H15F2NO/c14-11-1-2-12(15)10(7-11)8-13(17)9-3-5-16-6-4-9/h1-2,7,9,16H,3-6,8H2. The Labute approximate surface area is 99.0 Å². The predicted molar refractivity (Wildman–Crippen MR) is 60.7 cm³/mol. The van der Waals surface area contributed by atoms with E-state index in [1.54, 1.807) is 0 Å². The fraction of sp³-hybridized carbons (Fsp3) is 0.462. The van der Waals surface area contributed by atoms with Crippen molar-refractivity contribution in [1.82, 2.24) is 5.32 Å². The van der Waals surface area contributed by atoms with Gasteiger partial charge in [-0.2, -0.15) is 0 Å². The van der Waals surface area contributed by atoms with Gasteiger partial charge in [0.2, 0.25) is 0 Å². The molecule has 1 fully saturated rings. The Kier molecular flexibility index (Phi) is 3.84.